The molecule has 0 bridgehead atoms. The minimum absolute atomic E-state index is 0.623. The van der Waals surface area contributed by atoms with Crippen molar-refractivity contribution in [2.24, 2.45) is 0 Å². The van der Waals surface area contributed by atoms with Crippen molar-refractivity contribution in [2.45, 2.75) is 19.9 Å². The van der Waals surface area contributed by atoms with E-state index >= 15 is 0 Å². The van der Waals surface area contributed by atoms with Crippen molar-refractivity contribution in [1.82, 2.24) is 9.80 Å². The van der Waals surface area contributed by atoms with Gasteiger partial charge in [0.05, 0.1) is 0 Å². The van der Waals surface area contributed by atoms with Gasteiger partial charge in [0.1, 0.15) is 0 Å². The van der Waals surface area contributed by atoms with Crippen LogP contribution in [0.1, 0.15) is 30.5 Å². The SMILES string of the molecule is C=C(c1ccc(C#Cc2ccccc2)cc1)N1CCN(C(C)C)CC1. The average molecular weight is 330 g/mol. The Morgan fingerprint density at radius 3 is 1.96 bits per heavy atom. The van der Waals surface area contributed by atoms with Crippen LogP contribution < -0.4 is 0 Å². The molecule has 2 heteroatoms. The zero-order valence-corrected chi connectivity index (χ0v) is 15.2. The van der Waals surface area contributed by atoms with Crippen LogP contribution >= 0.6 is 0 Å². The van der Waals surface area contributed by atoms with Crippen molar-refractivity contribution in [3.8, 4) is 11.8 Å². The summed E-state index contributed by atoms with van der Waals surface area (Å²) in [6.45, 7) is 13.2. The number of piperazine rings is 1. The van der Waals surface area contributed by atoms with E-state index in [0.29, 0.717) is 6.04 Å². The Morgan fingerprint density at radius 2 is 1.40 bits per heavy atom. The van der Waals surface area contributed by atoms with Crippen LogP contribution in [-0.4, -0.2) is 42.0 Å². The van der Waals surface area contributed by atoms with Gasteiger partial charge in [0.15, 0.2) is 0 Å². The summed E-state index contributed by atoms with van der Waals surface area (Å²) in [6.07, 6.45) is 0. The van der Waals surface area contributed by atoms with Gasteiger partial charge in [-0.3, -0.25) is 4.90 Å². The summed E-state index contributed by atoms with van der Waals surface area (Å²) in [5.41, 5.74) is 4.37. The molecule has 25 heavy (non-hydrogen) atoms. The second-order valence-corrected chi connectivity index (χ2v) is 6.76. The van der Waals surface area contributed by atoms with Crippen LogP contribution in [0.3, 0.4) is 0 Å². The molecule has 1 saturated heterocycles. The lowest BCUT2D eigenvalue weighted by molar-refractivity contribution is 0.144. The molecule has 2 aromatic rings. The number of hydrogen-bond donors (Lipinski definition) is 0. The molecule has 0 N–H and O–H groups in total. The molecule has 0 aromatic heterocycles. The van der Waals surface area contributed by atoms with Crippen molar-refractivity contribution < 1.29 is 0 Å². The van der Waals surface area contributed by atoms with E-state index in [4.69, 9.17) is 0 Å². The largest absolute Gasteiger partial charge is 0.369 e. The minimum Gasteiger partial charge on any atom is -0.369 e. The van der Waals surface area contributed by atoms with Crippen LogP contribution in [-0.2, 0) is 0 Å². The van der Waals surface area contributed by atoms with Gasteiger partial charge >= 0.3 is 0 Å². The molecule has 0 saturated carbocycles. The van der Waals surface area contributed by atoms with E-state index in [1.54, 1.807) is 0 Å². The highest BCUT2D eigenvalue weighted by molar-refractivity contribution is 5.63. The van der Waals surface area contributed by atoms with Gasteiger partial charge < -0.3 is 4.90 Å². The van der Waals surface area contributed by atoms with Gasteiger partial charge in [-0.15, -0.1) is 0 Å². The summed E-state index contributed by atoms with van der Waals surface area (Å²) in [7, 11) is 0. The first-order chi connectivity index (χ1) is 12.1. The van der Waals surface area contributed by atoms with Gasteiger partial charge in [-0.2, -0.15) is 0 Å². The maximum absolute atomic E-state index is 4.31. The minimum atomic E-state index is 0.623. The molecule has 2 aromatic carbocycles. The van der Waals surface area contributed by atoms with E-state index in [9.17, 15) is 0 Å². The molecule has 0 aliphatic carbocycles. The molecule has 2 nitrogen and oxygen atoms in total. The lowest BCUT2D eigenvalue weighted by Crippen LogP contribution is -2.47. The van der Waals surface area contributed by atoms with E-state index in [1.165, 1.54) is 5.56 Å². The van der Waals surface area contributed by atoms with Crippen molar-refractivity contribution in [2.75, 3.05) is 26.2 Å². The lowest BCUT2D eigenvalue weighted by Gasteiger charge is -2.39. The molecule has 128 valence electrons. The van der Waals surface area contributed by atoms with Crippen LogP contribution in [0, 0.1) is 11.8 Å². The molecule has 0 radical (unpaired) electrons. The maximum Gasteiger partial charge on any atom is 0.0367 e. The highest BCUT2D eigenvalue weighted by atomic mass is 15.3. The fraction of sp³-hybridized carbons (Fsp3) is 0.304. The molecular formula is C23H26N2. The van der Waals surface area contributed by atoms with Gasteiger partial charge in [-0.25, -0.2) is 0 Å². The van der Waals surface area contributed by atoms with Crippen LogP contribution in [0.4, 0.5) is 0 Å². The first kappa shape index (κ1) is 17.3. The third-order valence-electron chi connectivity index (χ3n) is 4.77. The molecular weight excluding hydrogens is 304 g/mol. The Bertz CT molecular complexity index is 755. The highest BCUT2D eigenvalue weighted by Crippen LogP contribution is 2.20. The smallest absolute Gasteiger partial charge is 0.0367 e. The van der Waals surface area contributed by atoms with Crippen LogP contribution in [0.5, 0.6) is 0 Å². The second-order valence-electron chi connectivity index (χ2n) is 6.76. The summed E-state index contributed by atoms with van der Waals surface area (Å²) in [5, 5.41) is 0. The molecule has 0 spiro atoms. The Hall–Kier alpha value is -2.50. The van der Waals surface area contributed by atoms with Crippen LogP contribution in [0.25, 0.3) is 5.70 Å². The lowest BCUT2D eigenvalue weighted by atomic mass is 10.1. The van der Waals surface area contributed by atoms with Gasteiger partial charge in [0.2, 0.25) is 0 Å². The van der Waals surface area contributed by atoms with E-state index < -0.39 is 0 Å². The summed E-state index contributed by atoms with van der Waals surface area (Å²) < 4.78 is 0. The first-order valence-electron chi connectivity index (χ1n) is 8.99. The zero-order chi connectivity index (χ0) is 17.6. The van der Waals surface area contributed by atoms with Gasteiger partial charge in [-0.05, 0) is 43.7 Å². The van der Waals surface area contributed by atoms with E-state index in [0.717, 1.165) is 43.0 Å². The van der Waals surface area contributed by atoms with Gasteiger partial charge in [-0.1, -0.05) is 48.8 Å². The van der Waals surface area contributed by atoms with Gasteiger partial charge in [0.25, 0.3) is 0 Å². The Balaban J connectivity index is 1.63. The van der Waals surface area contributed by atoms with Crippen molar-refractivity contribution >= 4 is 5.70 Å². The predicted molar refractivity (Wildman–Crippen MR) is 106 cm³/mol. The second kappa shape index (κ2) is 8.05. The third kappa shape index (κ3) is 4.53. The summed E-state index contributed by atoms with van der Waals surface area (Å²) >= 11 is 0. The monoisotopic (exact) mass is 330 g/mol. The van der Waals surface area contributed by atoms with Crippen LogP contribution in [0.15, 0.2) is 61.2 Å². The summed E-state index contributed by atoms with van der Waals surface area (Å²) in [5.74, 6) is 6.42. The normalized spacial score (nSPS) is 14.9. The molecule has 3 rings (SSSR count). The number of nitrogens with zero attached hydrogens (tertiary/aromatic N) is 2. The molecule has 1 aliphatic rings. The maximum atomic E-state index is 4.31. The molecule has 1 aliphatic heterocycles. The summed E-state index contributed by atoms with van der Waals surface area (Å²) in [6, 6.07) is 19.1. The predicted octanol–water partition coefficient (Wildman–Crippen LogP) is 4.08. The highest BCUT2D eigenvalue weighted by Gasteiger charge is 2.19. The van der Waals surface area contributed by atoms with E-state index in [-0.39, 0.29) is 0 Å². The molecule has 1 heterocycles. The fourth-order valence-electron chi connectivity index (χ4n) is 3.10. The molecule has 0 unspecified atom stereocenters. The zero-order valence-electron chi connectivity index (χ0n) is 15.2. The van der Waals surface area contributed by atoms with E-state index in [1.807, 2.05) is 30.3 Å². The topological polar surface area (TPSA) is 6.48 Å². The number of rotatable bonds is 3. The first-order valence-corrected chi connectivity index (χ1v) is 8.99. The van der Waals surface area contributed by atoms with Crippen molar-refractivity contribution in [3.05, 3.63) is 77.9 Å². The van der Waals surface area contributed by atoms with E-state index in [2.05, 4.69) is 66.3 Å². The summed E-state index contributed by atoms with van der Waals surface area (Å²) in [4.78, 5) is 4.91. The molecule has 0 atom stereocenters. The third-order valence-corrected chi connectivity index (χ3v) is 4.77. The Labute approximate surface area is 151 Å². The molecule has 1 fully saturated rings. The Kier molecular flexibility index (Phi) is 5.58. The Morgan fingerprint density at radius 1 is 0.840 bits per heavy atom. The van der Waals surface area contributed by atoms with Crippen LogP contribution in [0.2, 0.25) is 0 Å². The van der Waals surface area contributed by atoms with Crippen molar-refractivity contribution in [3.63, 3.8) is 0 Å². The average Bonchev–Trinajstić information content (AvgIpc) is 2.67. The quantitative estimate of drug-likeness (QED) is 0.782. The standard InChI is InChI=1S/C23H26N2/c1-19(2)24-15-17-25(18-16-24)20(3)23-13-11-22(12-14-23)10-9-21-7-5-4-6-8-21/h4-8,11-14,19H,3,15-18H2,1-2H3. The molecule has 0 amide bonds. The number of hydrogen-bond acceptors (Lipinski definition) is 2. The van der Waals surface area contributed by atoms with Crippen molar-refractivity contribution in [1.29, 1.82) is 0 Å². The fourth-order valence-corrected chi connectivity index (χ4v) is 3.10. The van der Waals surface area contributed by atoms with Gasteiger partial charge in [0, 0.05) is 49.0 Å². The number of benzene rings is 2.